The Kier molecular flexibility index (Phi) is 4.42. The van der Waals surface area contributed by atoms with Crippen LogP contribution in [0, 0.1) is 0 Å². The van der Waals surface area contributed by atoms with Gasteiger partial charge >= 0.3 is 0 Å². The van der Waals surface area contributed by atoms with E-state index in [1.807, 2.05) is 0 Å². The van der Waals surface area contributed by atoms with Crippen LogP contribution in [0.4, 0.5) is 5.69 Å². The van der Waals surface area contributed by atoms with Crippen LogP contribution in [-0.2, 0) is 10.0 Å². The highest BCUT2D eigenvalue weighted by atomic mass is 35.5. The zero-order valence-corrected chi connectivity index (χ0v) is 12.8. The van der Waals surface area contributed by atoms with Gasteiger partial charge in [-0.3, -0.25) is 4.72 Å². The van der Waals surface area contributed by atoms with Gasteiger partial charge in [-0.1, -0.05) is 29.3 Å². The van der Waals surface area contributed by atoms with Crippen LogP contribution in [0.3, 0.4) is 0 Å². The first-order valence-electron chi connectivity index (χ1n) is 5.54. The van der Waals surface area contributed by atoms with Gasteiger partial charge < -0.3 is 4.74 Å². The second-order valence-electron chi connectivity index (χ2n) is 3.91. The Morgan fingerprint density at radius 2 is 1.85 bits per heavy atom. The van der Waals surface area contributed by atoms with Crippen molar-refractivity contribution in [1.29, 1.82) is 0 Å². The van der Waals surface area contributed by atoms with E-state index in [2.05, 4.69) is 4.72 Å². The number of anilines is 1. The summed E-state index contributed by atoms with van der Waals surface area (Å²) in [5.74, 6) is 0.470. The zero-order valence-electron chi connectivity index (χ0n) is 10.4. The number of halogens is 2. The molecule has 0 fully saturated rings. The van der Waals surface area contributed by atoms with Crippen LogP contribution in [0.2, 0.25) is 10.0 Å². The maximum atomic E-state index is 12.2. The van der Waals surface area contributed by atoms with Crippen LogP contribution in [0.5, 0.6) is 5.75 Å². The molecule has 0 aliphatic carbocycles. The summed E-state index contributed by atoms with van der Waals surface area (Å²) in [6, 6.07) is 10.6. The lowest BCUT2D eigenvalue weighted by molar-refractivity contribution is 0.415. The van der Waals surface area contributed by atoms with Gasteiger partial charge in [0.25, 0.3) is 10.0 Å². The molecule has 20 heavy (non-hydrogen) atoms. The van der Waals surface area contributed by atoms with Gasteiger partial charge in [-0.15, -0.1) is 0 Å². The molecule has 0 aliphatic heterocycles. The van der Waals surface area contributed by atoms with Crippen LogP contribution in [0.25, 0.3) is 0 Å². The summed E-state index contributed by atoms with van der Waals surface area (Å²) in [4.78, 5) is 0.0805. The smallest absolute Gasteiger partial charge is 0.261 e. The van der Waals surface area contributed by atoms with Crippen molar-refractivity contribution in [3.8, 4) is 5.75 Å². The van der Waals surface area contributed by atoms with Crippen molar-refractivity contribution in [2.75, 3.05) is 11.8 Å². The lowest BCUT2D eigenvalue weighted by atomic mass is 10.3. The van der Waals surface area contributed by atoms with Crippen LogP contribution >= 0.6 is 23.2 Å². The van der Waals surface area contributed by atoms with Crippen molar-refractivity contribution in [3.05, 3.63) is 52.5 Å². The van der Waals surface area contributed by atoms with E-state index >= 15 is 0 Å². The summed E-state index contributed by atoms with van der Waals surface area (Å²) >= 11 is 11.7. The number of nitrogens with one attached hydrogen (secondary N) is 1. The van der Waals surface area contributed by atoms with E-state index < -0.39 is 10.0 Å². The zero-order chi connectivity index (χ0) is 14.8. The van der Waals surface area contributed by atoms with E-state index in [-0.39, 0.29) is 4.90 Å². The molecule has 0 amide bonds. The second-order valence-corrected chi connectivity index (χ2v) is 6.44. The van der Waals surface area contributed by atoms with Crippen LogP contribution in [0.15, 0.2) is 47.4 Å². The normalized spacial score (nSPS) is 11.2. The largest absolute Gasteiger partial charge is 0.495 e. The summed E-state index contributed by atoms with van der Waals surface area (Å²) < 4.78 is 31.8. The summed E-state index contributed by atoms with van der Waals surface area (Å²) in [5, 5.41) is 0.666. The minimum absolute atomic E-state index is 0.0805. The fraction of sp³-hybridized carbons (Fsp3) is 0.0769. The monoisotopic (exact) mass is 331 g/mol. The number of benzene rings is 2. The quantitative estimate of drug-likeness (QED) is 0.926. The van der Waals surface area contributed by atoms with Gasteiger partial charge in [-0.05, 0) is 36.4 Å². The molecule has 2 aromatic carbocycles. The summed E-state index contributed by atoms with van der Waals surface area (Å²) in [5.41, 5.74) is 0.343. The Labute approximate surface area is 127 Å². The van der Waals surface area contributed by atoms with Gasteiger partial charge in [0.15, 0.2) is 0 Å². The Hall–Kier alpha value is -1.43. The average molecular weight is 332 g/mol. The molecule has 0 atom stereocenters. The van der Waals surface area contributed by atoms with Crippen LogP contribution in [-0.4, -0.2) is 15.5 Å². The van der Waals surface area contributed by atoms with Crippen LogP contribution in [0.1, 0.15) is 0 Å². The number of ether oxygens (including phenoxy) is 1. The summed E-state index contributed by atoms with van der Waals surface area (Å²) in [6.45, 7) is 0. The summed E-state index contributed by atoms with van der Waals surface area (Å²) in [7, 11) is -2.22. The molecule has 0 saturated heterocycles. The summed E-state index contributed by atoms with van der Waals surface area (Å²) in [6.07, 6.45) is 0. The first kappa shape index (κ1) is 15.0. The minimum Gasteiger partial charge on any atom is -0.495 e. The second kappa shape index (κ2) is 5.91. The third-order valence-corrected chi connectivity index (χ3v) is 4.42. The first-order chi connectivity index (χ1) is 9.42. The van der Waals surface area contributed by atoms with E-state index in [0.717, 1.165) is 0 Å². The molecule has 4 nitrogen and oxygen atoms in total. The number of hydrogen-bond donors (Lipinski definition) is 1. The Morgan fingerprint density at radius 1 is 1.10 bits per heavy atom. The Bertz CT molecular complexity index is 732. The van der Waals surface area contributed by atoms with Crippen molar-refractivity contribution >= 4 is 38.9 Å². The predicted octanol–water partition coefficient (Wildman–Crippen LogP) is 3.80. The fourth-order valence-corrected chi connectivity index (χ4v) is 3.19. The van der Waals surface area contributed by atoms with E-state index in [4.69, 9.17) is 27.9 Å². The Morgan fingerprint density at radius 3 is 2.45 bits per heavy atom. The van der Waals surface area contributed by atoms with E-state index in [9.17, 15) is 8.42 Å². The molecule has 0 heterocycles. The predicted molar refractivity (Wildman–Crippen MR) is 80.3 cm³/mol. The van der Waals surface area contributed by atoms with Crippen LogP contribution < -0.4 is 9.46 Å². The molecule has 0 unspecified atom stereocenters. The third-order valence-electron chi connectivity index (χ3n) is 2.51. The highest BCUT2D eigenvalue weighted by Gasteiger charge is 2.15. The fourth-order valence-electron chi connectivity index (χ4n) is 1.58. The maximum absolute atomic E-state index is 12.2. The molecule has 0 radical (unpaired) electrons. The lowest BCUT2D eigenvalue weighted by Gasteiger charge is -2.10. The molecule has 0 bridgehead atoms. The van der Waals surface area contributed by atoms with Gasteiger partial charge in [0.2, 0.25) is 0 Å². The van der Waals surface area contributed by atoms with Crippen molar-refractivity contribution in [3.63, 3.8) is 0 Å². The molecule has 2 aromatic rings. The van der Waals surface area contributed by atoms with E-state index in [1.165, 1.54) is 25.3 Å². The standard InChI is InChI=1S/C13H11Cl2NO3S/c1-19-13-6-5-10(8-12(13)15)16-20(17,18)11-4-2-3-9(14)7-11/h2-8,16H,1H3. The molecule has 0 aromatic heterocycles. The minimum atomic E-state index is -3.71. The lowest BCUT2D eigenvalue weighted by Crippen LogP contribution is -2.12. The molecule has 0 spiro atoms. The molecular weight excluding hydrogens is 321 g/mol. The van der Waals surface area contributed by atoms with Gasteiger partial charge in [0, 0.05) is 5.02 Å². The third kappa shape index (κ3) is 3.36. The first-order valence-corrected chi connectivity index (χ1v) is 7.78. The van der Waals surface area contributed by atoms with Gasteiger partial charge in [0.05, 0.1) is 22.7 Å². The molecule has 0 saturated carbocycles. The molecule has 1 N–H and O–H groups in total. The highest BCUT2D eigenvalue weighted by molar-refractivity contribution is 7.92. The van der Waals surface area contributed by atoms with E-state index in [1.54, 1.807) is 24.3 Å². The molecular formula is C13H11Cl2NO3S. The van der Waals surface area contributed by atoms with Crippen molar-refractivity contribution in [2.45, 2.75) is 4.90 Å². The number of sulfonamides is 1. The van der Waals surface area contributed by atoms with Crippen molar-refractivity contribution < 1.29 is 13.2 Å². The number of methoxy groups -OCH3 is 1. The SMILES string of the molecule is COc1ccc(NS(=O)(=O)c2cccc(Cl)c2)cc1Cl. The van der Waals surface area contributed by atoms with Crippen molar-refractivity contribution in [1.82, 2.24) is 0 Å². The Balaban J connectivity index is 2.31. The molecule has 0 aliphatic rings. The molecule has 106 valence electrons. The van der Waals surface area contributed by atoms with Crippen molar-refractivity contribution in [2.24, 2.45) is 0 Å². The average Bonchev–Trinajstić information content (AvgIpc) is 2.38. The van der Waals surface area contributed by atoms with E-state index in [0.29, 0.717) is 21.5 Å². The van der Waals surface area contributed by atoms with Gasteiger partial charge in [0.1, 0.15) is 5.75 Å². The van der Waals surface area contributed by atoms with Gasteiger partial charge in [-0.2, -0.15) is 0 Å². The topological polar surface area (TPSA) is 55.4 Å². The molecule has 2 rings (SSSR count). The number of hydrogen-bond acceptors (Lipinski definition) is 3. The van der Waals surface area contributed by atoms with Gasteiger partial charge in [-0.25, -0.2) is 8.42 Å². The number of rotatable bonds is 4. The molecule has 7 heteroatoms. The maximum Gasteiger partial charge on any atom is 0.261 e. The highest BCUT2D eigenvalue weighted by Crippen LogP contribution is 2.28.